The second-order valence-electron chi connectivity index (χ2n) is 6.44. The van der Waals surface area contributed by atoms with E-state index in [1.807, 2.05) is 0 Å². The first-order valence-electron chi connectivity index (χ1n) is 6.82. The van der Waals surface area contributed by atoms with Gasteiger partial charge in [0.05, 0.1) is 6.10 Å². The SMILES string of the molecule is CCN(CC)C1C2CCC(C)(C1O)C2(C)C. The number of likely N-dealkylation sites (N-methyl/N-ethyl adjacent to an activating group) is 1. The summed E-state index contributed by atoms with van der Waals surface area (Å²) in [5.74, 6) is 0.674. The van der Waals surface area contributed by atoms with Crippen LogP contribution in [-0.4, -0.2) is 35.2 Å². The summed E-state index contributed by atoms with van der Waals surface area (Å²) in [6.45, 7) is 13.5. The molecule has 0 heterocycles. The quantitative estimate of drug-likeness (QED) is 0.798. The van der Waals surface area contributed by atoms with Gasteiger partial charge in [0.1, 0.15) is 0 Å². The highest BCUT2D eigenvalue weighted by Gasteiger charge is 2.66. The van der Waals surface area contributed by atoms with E-state index in [-0.39, 0.29) is 11.5 Å². The Kier molecular flexibility index (Phi) is 2.87. The molecule has 0 aliphatic heterocycles. The smallest absolute Gasteiger partial charge is 0.0756 e. The summed E-state index contributed by atoms with van der Waals surface area (Å²) in [5.41, 5.74) is 0.421. The van der Waals surface area contributed by atoms with Gasteiger partial charge in [-0.3, -0.25) is 4.90 Å². The van der Waals surface area contributed by atoms with Crippen molar-refractivity contribution in [3.05, 3.63) is 0 Å². The molecule has 0 spiro atoms. The highest BCUT2D eigenvalue weighted by molar-refractivity contribution is 5.17. The van der Waals surface area contributed by atoms with Crippen LogP contribution in [0.1, 0.15) is 47.5 Å². The Morgan fingerprint density at radius 3 is 2.12 bits per heavy atom. The number of fused-ring (bicyclic) bond motifs is 2. The number of nitrogens with zero attached hydrogens (tertiary/aromatic N) is 1. The van der Waals surface area contributed by atoms with E-state index in [1.165, 1.54) is 12.8 Å². The molecule has 2 bridgehead atoms. The van der Waals surface area contributed by atoms with Crippen molar-refractivity contribution in [1.82, 2.24) is 4.90 Å². The largest absolute Gasteiger partial charge is 0.391 e. The van der Waals surface area contributed by atoms with Crippen molar-refractivity contribution in [1.29, 1.82) is 0 Å². The number of aliphatic hydroxyl groups is 1. The van der Waals surface area contributed by atoms with Crippen molar-refractivity contribution < 1.29 is 5.11 Å². The minimum atomic E-state index is -0.138. The summed E-state index contributed by atoms with van der Waals surface area (Å²) in [4.78, 5) is 2.46. The zero-order chi connectivity index (χ0) is 12.1. The van der Waals surface area contributed by atoms with Crippen LogP contribution in [0, 0.1) is 16.7 Å². The number of rotatable bonds is 3. The molecule has 2 nitrogen and oxygen atoms in total. The Morgan fingerprint density at radius 2 is 1.75 bits per heavy atom. The maximum atomic E-state index is 10.7. The average Bonchev–Trinajstić information content (AvgIpc) is 2.54. The predicted octanol–water partition coefficient (Wildman–Crippen LogP) is 2.51. The molecule has 16 heavy (non-hydrogen) atoms. The molecule has 1 N–H and O–H groups in total. The fourth-order valence-electron chi connectivity index (χ4n) is 4.38. The summed E-state index contributed by atoms with van der Waals surface area (Å²) >= 11 is 0. The fourth-order valence-corrected chi connectivity index (χ4v) is 4.38. The highest BCUT2D eigenvalue weighted by atomic mass is 16.3. The van der Waals surface area contributed by atoms with Crippen molar-refractivity contribution in [2.24, 2.45) is 16.7 Å². The highest BCUT2D eigenvalue weighted by Crippen LogP contribution is 2.66. The molecule has 2 rings (SSSR count). The van der Waals surface area contributed by atoms with Gasteiger partial charge in [0.25, 0.3) is 0 Å². The lowest BCUT2D eigenvalue weighted by atomic mass is 9.70. The topological polar surface area (TPSA) is 23.5 Å². The van der Waals surface area contributed by atoms with Gasteiger partial charge < -0.3 is 5.11 Å². The zero-order valence-electron chi connectivity index (χ0n) is 11.5. The standard InChI is InChI=1S/C14H27NO/c1-6-15(7-2)11-10-8-9-14(5,12(11)16)13(10,3)4/h10-12,16H,6-9H2,1-5H3. The molecule has 0 saturated heterocycles. The van der Waals surface area contributed by atoms with Crippen molar-refractivity contribution in [2.45, 2.75) is 59.6 Å². The molecule has 0 amide bonds. The monoisotopic (exact) mass is 225 g/mol. The Hall–Kier alpha value is -0.0800. The molecule has 4 unspecified atom stereocenters. The van der Waals surface area contributed by atoms with Crippen LogP contribution in [0.4, 0.5) is 0 Å². The minimum Gasteiger partial charge on any atom is -0.391 e. The Labute approximate surface area is 100 Å². The van der Waals surface area contributed by atoms with Gasteiger partial charge in [-0.2, -0.15) is 0 Å². The molecule has 94 valence electrons. The zero-order valence-corrected chi connectivity index (χ0v) is 11.5. The lowest BCUT2D eigenvalue weighted by Gasteiger charge is -2.39. The normalized spacial score (nSPS) is 45.6. The molecule has 2 aliphatic carbocycles. The van der Waals surface area contributed by atoms with Crippen LogP contribution in [0.25, 0.3) is 0 Å². The van der Waals surface area contributed by atoms with Gasteiger partial charge in [-0.25, -0.2) is 0 Å². The molecule has 2 fully saturated rings. The lowest BCUT2D eigenvalue weighted by Crippen LogP contribution is -2.49. The first-order chi connectivity index (χ1) is 7.40. The van der Waals surface area contributed by atoms with Crippen molar-refractivity contribution in [3.8, 4) is 0 Å². The summed E-state index contributed by atoms with van der Waals surface area (Å²) in [6.07, 6.45) is 2.35. The number of hydrogen-bond donors (Lipinski definition) is 1. The molecular formula is C14H27NO. The van der Waals surface area contributed by atoms with E-state index in [9.17, 15) is 5.11 Å². The van der Waals surface area contributed by atoms with Gasteiger partial charge in [-0.1, -0.05) is 34.6 Å². The first kappa shape index (κ1) is 12.4. The molecule has 4 atom stereocenters. The Morgan fingerprint density at radius 1 is 1.19 bits per heavy atom. The number of aliphatic hydroxyl groups excluding tert-OH is 1. The predicted molar refractivity (Wildman–Crippen MR) is 67.3 cm³/mol. The van der Waals surface area contributed by atoms with Crippen LogP contribution in [0.5, 0.6) is 0 Å². The van der Waals surface area contributed by atoms with Crippen LogP contribution in [0.3, 0.4) is 0 Å². The summed E-state index contributed by atoms with van der Waals surface area (Å²) < 4.78 is 0. The molecular weight excluding hydrogens is 198 g/mol. The average molecular weight is 225 g/mol. The van der Waals surface area contributed by atoms with Gasteiger partial charge in [0.15, 0.2) is 0 Å². The molecule has 2 heteroatoms. The fraction of sp³-hybridized carbons (Fsp3) is 1.00. The summed E-state index contributed by atoms with van der Waals surface area (Å²) in [7, 11) is 0. The molecule has 0 aromatic rings. The van der Waals surface area contributed by atoms with E-state index in [0.717, 1.165) is 13.1 Å². The second-order valence-corrected chi connectivity index (χ2v) is 6.44. The van der Waals surface area contributed by atoms with Gasteiger partial charge in [0.2, 0.25) is 0 Å². The van der Waals surface area contributed by atoms with Gasteiger partial charge in [-0.05, 0) is 37.3 Å². The van der Waals surface area contributed by atoms with E-state index >= 15 is 0 Å². The van der Waals surface area contributed by atoms with Crippen LogP contribution in [0.15, 0.2) is 0 Å². The van der Waals surface area contributed by atoms with Gasteiger partial charge in [-0.15, -0.1) is 0 Å². The van der Waals surface area contributed by atoms with Gasteiger partial charge in [0, 0.05) is 11.5 Å². The van der Waals surface area contributed by atoms with Crippen molar-refractivity contribution >= 4 is 0 Å². The van der Waals surface area contributed by atoms with Crippen LogP contribution in [-0.2, 0) is 0 Å². The lowest BCUT2D eigenvalue weighted by molar-refractivity contribution is -0.0284. The third-order valence-electron chi connectivity index (χ3n) is 6.00. The van der Waals surface area contributed by atoms with Crippen LogP contribution < -0.4 is 0 Å². The van der Waals surface area contributed by atoms with Crippen LogP contribution >= 0.6 is 0 Å². The molecule has 0 aromatic heterocycles. The third-order valence-corrected chi connectivity index (χ3v) is 6.00. The third kappa shape index (κ3) is 1.26. The minimum absolute atomic E-state index is 0.130. The van der Waals surface area contributed by atoms with Crippen molar-refractivity contribution in [3.63, 3.8) is 0 Å². The summed E-state index contributed by atoms with van der Waals surface area (Å²) in [6, 6.07) is 0.392. The molecule has 2 saturated carbocycles. The van der Waals surface area contributed by atoms with E-state index < -0.39 is 0 Å². The number of hydrogen-bond acceptors (Lipinski definition) is 2. The van der Waals surface area contributed by atoms with E-state index in [4.69, 9.17) is 0 Å². The summed E-state index contributed by atoms with van der Waals surface area (Å²) in [5, 5.41) is 10.7. The Balaban J connectivity index is 2.32. The van der Waals surface area contributed by atoms with E-state index in [1.54, 1.807) is 0 Å². The molecule has 2 aliphatic rings. The van der Waals surface area contributed by atoms with Crippen LogP contribution in [0.2, 0.25) is 0 Å². The Bertz CT molecular complexity index is 272. The van der Waals surface area contributed by atoms with Crippen molar-refractivity contribution in [2.75, 3.05) is 13.1 Å². The molecule has 0 aromatic carbocycles. The molecule has 0 radical (unpaired) electrons. The van der Waals surface area contributed by atoms with Gasteiger partial charge >= 0.3 is 0 Å². The maximum Gasteiger partial charge on any atom is 0.0756 e. The first-order valence-corrected chi connectivity index (χ1v) is 6.82. The second kappa shape index (κ2) is 3.71. The van der Waals surface area contributed by atoms with E-state index in [0.29, 0.717) is 17.4 Å². The maximum absolute atomic E-state index is 10.7. The van der Waals surface area contributed by atoms with E-state index in [2.05, 4.69) is 39.5 Å².